The van der Waals surface area contributed by atoms with Crippen LogP contribution < -0.4 is 16.4 Å². The van der Waals surface area contributed by atoms with Gasteiger partial charge in [0.25, 0.3) is 0 Å². The third-order valence-electron chi connectivity index (χ3n) is 4.14. The second-order valence-corrected chi connectivity index (χ2v) is 6.77. The highest BCUT2D eigenvalue weighted by molar-refractivity contribution is 7.80. The normalized spacial score (nSPS) is 13.9. The number of aromatic amines is 1. The molecule has 3 unspecified atom stereocenters. The molecule has 11 heteroatoms. The van der Waals surface area contributed by atoms with E-state index in [1.807, 2.05) is 0 Å². The number of hydrogen-bond acceptors (Lipinski definition) is 7. The first kappa shape index (κ1) is 22.2. The zero-order valence-electron chi connectivity index (χ0n) is 15.4. The van der Waals surface area contributed by atoms with Crippen LogP contribution >= 0.6 is 12.6 Å². The maximum Gasteiger partial charge on any atom is 0.327 e. The molecule has 29 heavy (non-hydrogen) atoms. The van der Waals surface area contributed by atoms with Gasteiger partial charge in [0.1, 0.15) is 17.8 Å². The van der Waals surface area contributed by atoms with Gasteiger partial charge in [-0.2, -0.15) is 12.6 Å². The number of aromatic nitrogens is 2. The Hall–Kier alpha value is -3.05. The molecule has 0 aliphatic rings. The first-order valence-electron chi connectivity index (χ1n) is 8.75. The molecule has 2 rings (SSSR count). The van der Waals surface area contributed by atoms with Crippen molar-refractivity contribution in [2.75, 3.05) is 5.75 Å². The fourth-order valence-corrected chi connectivity index (χ4v) is 2.79. The van der Waals surface area contributed by atoms with Crippen LogP contribution in [0.2, 0.25) is 0 Å². The number of amides is 2. The summed E-state index contributed by atoms with van der Waals surface area (Å²) < 4.78 is 0. The molecule has 1 aromatic carbocycles. The van der Waals surface area contributed by atoms with Gasteiger partial charge in [-0.05, 0) is 17.7 Å². The topological polar surface area (TPSA) is 170 Å². The van der Waals surface area contributed by atoms with Crippen LogP contribution in [-0.4, -0.2) is 61.8 Å². The Balaban J connectivity index is 2.11. The molecule has 0 aliphatic heterocycles. The Labute approximate surface area is 172 Å². The summed E-state index contributed by atoms with van der Waals surface area (Å²) >= 11 is 3.92. The largest absolute Gasteiger partial charge is 0.508 e. The lowest BCUT2D eigenvalue weighted by Gasteiger charge is -2.22. The highest BCUT2D eigenvalue weighted by Gasteiger charge is 2.27. The highest BCUT2D eigenvalue weighted by atomic mass is 32.1. The monoisotopic (exact) mass is 421 g/mol. The standard InChI is InChI=1S/C18H23N5O5S/c19-13(6-11-7-20-9-21-11)16(25)22-14(5-10-1-3-12(24)4-2-10)17(26)23-15(8-29)18(27)28/h1-4,7,9,13-15,24,29H,5-6,8,19H2,(H,20,21)(H,22,25)(H,23,26)(H,27,28). The first-order valence-corrected chi connectivity index (χ1v) is 9.38. The number of H-pyrrole nitrogens is 1. The number of phenolic OH excluding ortho intramolecular Hbond substituents is 1. The van der Waals surface area contributed by atoms with Crippen LogP contribution in [0.5, 0.6) is 5.75 Å². The Morgan fingerprint density at radius 1 is 1.10 bits per heavy atom. The number of imidazole rings is 1. The number of nitrogens with two attached hydrogens (primary N) is 1. The molecule has 1 aromatic heterocycles. The number of hydrogen-bond donors (Lipinski definition) is 7. The van der Waals surface area contributed by atoms with Gasteiger partial charge in [0.05, 0.1) is 12.4 Å². The second-order valence-electron chi connectivity index (χ2n) is 6.40. The minimum Gasteiger partial charge on any atom is -0.508 e. The molecule has 0 aliphatic carbocycles. The van der Waals surface area contributed by atoms with E-state index in [0.717, 1.165) is 0 Å². The van der Waals surface area contributed by atoms with Gasteiger partial charge >= 0.3 is 5.97 Å². The quantitative estimate of drug-likeness (QED) is 0.246. The van der Waals surface area contributed by atoms with E-state index in [2.05, 4.69) is 33.2 Å². The Morgan fingerprint density at radius 3 is 2.31 bits per heavy atom. The summed E-state index contributed by atoms with van der Waals surface area (Å²) in [6.45, 7) is 0. The van der Waals surface area contributed by atoms with Crippen molar-refractivity contribution in [2.24, 2.45) is 5.73 Å². The SMILES string of the molecule is NC(Cc1cnc[nH]1)C(=O)NC(Cc1ccc(O)cc1)C(=O)NC(CS)C(=O)O. The van der Waals surface area contributed by atoms with Crippen LogP contribution in [-0.2, 0) is 27.2 Å². The second kappa shape index (κ2) is 10.5. The van der Waals surface area contributed by atoms with Crippen LogP contribution in [0.1, 0.15) is 11.3 Å². The molecule has 0 saturated heterocycles. The van der Waals surface area contributed by atoms with Crippen molar-refractivity contribution in [2.45, 2.75) is 31.0 Å². The number of nitrogens with one attached hydrogen (secondary N) is 3. The molecule has 0 spiro atoms. The van der Waals surface area contributed by atoms with Crippen molar-refractivity contribution < 1.29 is 24.6 Å². The number of benzene rings is 1. The number of thiol groups is 1. The third kappa shape index (κ3) is 6.80. The number of carbonyl (C=O) groups is 3. The lowest BCUT2D eigenvalue weighted by molar-refractivity contribution is -0.141. The van der Waals surface area contributed by atoms with E-state index in [9.17, 15) is 19.5 Å². The molecule has 10 nitrogen and oxygen atoms in total. The summed E-state index contributed by atoms with van der Waals surface area (Å²) in [6, 6.07) is 2.88. The fraction of sp³-hybridized carbons (Fsp3) is 0.333. The van der Waals surface area contributed by atoms with Crippen molar-refractivity contribution in [1.29, 1.82) is 0 Å². The van der Waals surface area contributed by atoms with Crippen LogP contribution in [0.15, 0.2) is 36.8 Å². The average Bonchev–Trinajstić information content (AvgIpc) is 3.19. The van der Waals surface area contributed by atoms with Crippen molar-refractivity contribution >= 4 is 30.4 Å². The van der Waals surface area contributed by atoms with Crippen molar-refractivity contribution in [3.8, 4) is 5.75 Å². The molecular weight excluding hydrogens is 398 g/mol. The zero-order chi connectivity index (χ0) is 21.4. The van der Waals surface area contributed by atoms with E-state index in [1.165, 1.54) is 24.7 Å². The van der Waals surface area contributed by atoms with Crippen molar-refractivity contribution in [1.82, 2.24) is 20.6 Å². The van der Waals surface area contributed by atoms with E-state index in [0.29, 0.717) is 11.3 Å². The number of aliphatic carboxylic acids is 1. The summed E-state index contributed by atoms with van der Waals surface area (Å²) in [7, 11) is 0. The maximum absolute atomic E-state index is 12.6. The Kier molecular flexibility index (Phi) is 8.04. The molecule has 1 heterocycles. The summed E-state index contributed by atoms with van der Waals surface area (Å²) in [6.07, 6.45) is 3.27. The molecule has 3 atom stereocenters. The van der Waals surface area contributed by atoms with Crippen LogP contribution in [0.3, 0.4) is 0 Å². The van der Waals surface area contributed by atoms with E-state index in [-0.39, 0.29) is 24.3 Å². The minimum absolute atomic E-state index is 0.0568. The molecule has 7 N–H and O–H groups in total. The summed E-state index contributed by atoms with van der Waals surface area (Å²) in [5.74, 6) is -2.54. The minimum atomic E-state index is -1.24. The average molecular weight is 421 g/mol. The Morgan fingerprint density at radius 2 is 1.76 bits per heavy atom. The van der Waals surface area contributed by atoms with Gasteiger partial charge < -0.3 is 31.6 Å². The van der Waals surface area contributed by atoms with E-state index >= 15 is 0 Å². The molecular formula is C18H23N5O5S. The third-order valence-corrected chi connectivity index (χ3v) is 4.50. The Bertz CT molecular complexity index is 828. The van der Waals surface area contributed by atoms with E-state index < -0.39 is 35.9 Å². The van der Waals surface area contributed by atoms with Gasteiger partial charge in [-0.1, -0.05) is 12.1 Å². The number of carboxylic acid groups (broad SMARTS) is 1. The lowest BCUT2D eigenvalue weighted by Crippen LogP contribution is -2.55. The predicted octanol–water partition coefficient (Wildman–Crippen LogP) is -0.788. The van der Waals surface area contributed by atoms with Gasteiger partial charge in [-0.25, -0.2) is 9.78 Å². The lowest BCUT2D eigenvalue weighted by atomic mass is 10.0. The molecule has 2 aromatic rings. The van der Waals surface area contributed by atoms with Crippen molar-refractivity contribution in [3.63, 3.8) is 0 Å². The van der Waals surface area contributed by atoms with Crippen LogP contribution in [0.4, 0.5) is 0 Å². The summed E-state index contributed by atoms with van der Waals surface area (Å²) in [5.41, 5.74) is 7.23. The van der Waals surface area contributed by atoms with Crippen LogP contribution in [0, 0.1) is 0 Å². The number of carbonyl (C=O) groups excluding carboxylic acids is 2. The molecule has 0 bridgehead atoms. The summed E-state index contributed by atoms with van der Waals surface area (Å²) in [4.78, 5) is 43.0. The van der Waals surface area contributed by atoms with Gasteiger partial charge in [0.15, 0.2) is 0 Å². The smallest absolute Gasteiger partial charge is 0.327 e. The van der Waals surface area contributed by atoms with E-state index in [1.54, 1.807) is 12.1 Å². The predicted molar refractivity (Wildman–Crippen MR) is 107 cm³/mol. The molecule has 0 radical (unpaired) electrons. The number of aromatic hydroxyl groups is 1. The molecule has 2 amide bonds. The fourth-order valence-electron chi connectivity index (χ4n) is 2.54. The van der Waals surface area contributed by atoms with Gasteiger partial charge in [-0.15, -0.1) is 0 Å². The van der Waals surface area contributed by atoms with Gasteiger partial charge in [0, 0.05) is 30.5 Å². The number of nitrogens with zero attached hydrogens (tertiary/aromatic N) is 1. The zero-order valence-corrected chi connectivity index (χ0v) is 16.3. The van der Waals surface area contributed by atoms with Crippen LogP contribution in [0.25, 0.3) is 0 Å². The highest BCUT2D eigenvalue weighted by Crippen LogP contribution is 2.12. The van der Waals surface area contributed by atoms with Crippen molar-refractivity contribution in [3.05, 3.63) is 48.0 Å². The number of rotatable bonds is 10. The van der Waals surface area contributed by atoms with Gasteiger partial charge in [-0.3, -0.25) is 9.59 Å². The van der Waals surface area contributed by atoms with E-state index in [4.69, 9.17) is 10.8 Å². The summed E-state index contributed by atoms with van der Waals surface area (Å²) in [5, 5.41) is 23.5. The maximum atomic E-state index is 12.6. The van der Waals surface area contributed by atoms with Gasteiger partial charge in [0.2, 0.25) is 11.8 Å². The molecule has 0 saturated carbocycles. The first-order chi connectivity index (χ1) is 13.8. The number of phenols is 1. The molecule has 156 valence electrons. The number of carboxylic acids is 1. The molecule has 0 fully saturated rings.